The molecule has 1 rings (SSSR count). The van der Waals surface area contributed by atoms with Gasteiger partial charge in [-0.1, -0.05) is 52.7 Å². The molecule has 202 valence electrons. The second-order valence-electron chi connectivity index (χ2n) is 10.8. The van der Waals surface area contributed by atoms with Crippen LogP contribution in [0.25, 0.3) is 0 Å². The Labute approximate surface area is 222 Å². The highest BCUT2D eigenvalue weighted by molar-refractivity contribution is 5.92. The maximum Gasteiger partial charge on any atom is 0.249 e. The molecular formula is C33H53NO2. The van der Waals surface area contributed by atoms with Crippen LogP contribution >= 0.6 is 0 Å². The lowest BCUT2D eigenvalue weighted by molar-refractivity contribution is -0.128. The van der Waals surface area contributed by atoms with Crippen molar-refractivity contribution < 1.29 is 9.59 Å². The number of amides is 1. The van der Waals surface area contributed by atoms with E-state index >= 15 is 0 Å². The van der Waals surface area contributed by atoms with Crippen molar-refractivity contribution in [2.75, 3.05) is 13.1 Å². The number of carbonyl (C=O) groups is 2. The second kappa shape index (κ2) is 19.0. The molecule has 0 spiro atoms. The topological polar surface area (TPSA) is 37.4 Å². The van der Waals surface area contributed by atoms with Gasteiger partial charge >= 0.3 is 0 Å². The molecule has 0 N–H and O–H groups in total. The van der Waals surface area contributed by atoms with E-state index in [1.54, 1.807) is 6.92 Å². The van der Waals surface area contributed by atoms with E-state index in [-0.39, 0.29) is 11.7 Å². The predicted octanol–water partition coefficient (Wildman–Crippen LogP) is 9.22. The summed E-state index contributed by atoms with van der Waals surface area (Å²) in [5.74, 6) is 0.500. The number of allylic oxidation sites excluding steroid dienone is 9. The van der Waals surface area contributed by atoms with Crippen molar-refractivity contribution in [3.8, 4) is 0 Å². The number of nitrogens with zero attached hydrogens (tertiary/aromatic N) is 1. The maximum absolute atomic E-state index is 12.5. The van der Waals surface area contributed by atoms with E-state index in [0.717, 1.165) is 89.3 Å². The third-order valence-electron chi connectivity index (χ3n) is 7.05. The lowest BCUT2D eigenvalue weighted by Crippen LogP contribution is -2.36. The van der Waals surface area contributed by atoms with Crippen molar-refractivity contribution in [1.29, 1.82) is 0 Å². The van der Waals surface area contributed by atoms with Crippen molar-refractivity contribution in [2.24, 2.45) is 0 Å². The molecule has 0 saturated carbocycles. The quantitative estimate of drug-likeness (QED) is 0.158. The summed E-state index contributed by atoms with van der Waals surface area (Å²) >= 11 is 0. The van der Waals surface area contributed by atoms with Crippen LogP contribution in [-0.2, 0) is 9.59 Å². The van der Waals surface area contributed by atoms with Gasteiger partial charge in [-0.3, -0.25) is 4.79 Å². The minimum atomic E-state index is 0.232. The SMILES string of the molecule is CC(=O)CCC=C(C)CCC=C(C)CCC=C(C)CCC=C(C)CCC=C(C)C(=O)N1CCCCC1. The zero-order valence-corrected chi connectivity index (χ0v) is 24.3. The van der Waals surface area contributed by atoms with Gasteiger partial charge in [0.15, 0.2) is 0 Å². The standard InChI is InChI=1S/C33H53NO2/c1-27(15-10-16-28(2)18-12-20-30(4)22-14-24-32(6)35)17-11-19-29(3)21-13-23-31(5)33(36)34-25-8-7-9-26-34/h15,18-19,22-23H,7-14,16-17,20-21,24-26H2,1-6H3. The number of rotatable bonds is 16. The van der Waals surface area contributed by atoms with Crippen LogP contribution in [0, 0.1) is 0 Å². The Balaban J connectivity index is 2.25. The lowest BCUT2D eigenvalue weighted by Gasteiger charge is -2.27. The number of likely N-dealkylation sites (tertiary alicyclic amines) is 1. The summed E-state index contributed by atoms with van der Waals surface area (Å²) in [5.41, 5.74) is 6.65. The molecule has 0 radical (unpaired) electrons. The van der Waals surface area contributed by atoms with Crippen LogP contribution < -0.4 is 0 Å². The molecule has 1 saturated heterocycles. The average molecular weight is 496 g/mol. The van der Waals surface area contributed by atoms with E-state index in [1.807, 2.05) is 11.8 Å². The minimum Gasteiger partial charge on any atom is -0.339 e. The molecule has 1 aliphatic rings. The molecule has 0 aromatic carbocycles. The predicted molar refractivity (Wildman–Crippen MR) is 156 cm³/mol. The van der Waals surface area contributed by atoms with Crippen molar-refractivity contribution in [3.63, 3.8) is 0 Å². The van der Waals surface area contributed by atoms with Crippen LogP contribution in [0.3, 0.4) is 0 Å². The van der Waals surface area contributed by atoms with Crippen molar-refractivity contribution in [2.45, 2.75) is 125 Å². The van der Waals surface area contributed by atoms with Crippen LogP contribution in [0.5, 0.6) is 0 Å². The van der Waals surface area contributed by atoms with Gasteiger partial charge in [-0.15, -0.1) is 0 Å². The largest absolute Gasteiger partial charge is 0.339 e. The van der Waals surface area contributed by atoms with Gasteiger partial charge in [0, 0.05) is 25.1 Å². The van der Waals surface area contributed by atoms with E-state index in [2.05, 4.69) is 58.1 Å². The molecule has 1 fully saturated rings. The van der Waals surface area contributed by atoms with Crippen molar-refractivity contribution in [1.82, 2.24) is 4.90 Å². The smallest absolute Gasteiger partial charge is 0.249 e. The summed E-state index contributed by atoms with van der Waals surface area (Å²) in [5, 5.41) is 0. The first-order chi connectivity index (χ1) is 17.2. The van der Waals surface area contributed by atoms with Crippen LogP contribution in [-0.4, -0.2) is 29.7 Å². The molecule has 36 heavy (non-hydrogen) atoms. The molecule has 0 atom stereocenters. The van der Waals surface area contributed by atoms with Crippen LogP contribution in [0.1, 0.15) is 125 Å². The van der Waals surface area contributed by atoms with Crippen molar-refractivity contribution >= 4 is 11.7 Å². The first-order valence-electron chi connectivity index (χ1n) is 14.3. The number of hydrogen-bond acceptors (Lipinski definition) is 2. The van der Waals surface area contributed by atoms with Crippen molar-refractivity contribution in [3.05, 3.63) is 58.2 Å². The zero-order valence-electron chi connectivity index (χ0n) is 24.3. The number of carbonyl (C=O) groups excluding carboxylic acids is 2. The molecule has 3 nitrogen and oxygen atoms in total. The molecule has 0 aliphatic carbocycles. The highest BCUT2D eigenvalue weighted by Crippen LogP contribution is 2.16. The van der Waals surface area contributed by atoms with E-state index in [1.165, 1.54) is 28.7 Å². The number of piperidine rings is 1. The van der Waals surface area contributed by atoms with Gasteiger partial charge in [-0.2, -0.15) is 0 Å². The Hall–Kier alpha value is -2.16. The third-order valence-corrected chi connectivity index (χ3v) is 7.05. The number of Topliss-reactive ketones (excluding diaryl/α,β-unsaturated/α-hetero) is 1. The van der Waals surface area contributed by atoms with E-state index in [0.29, 0.717) is 6.42 Å². The van der Waals surface area contributed by atoms with Gasteiger partial charge in [0.2, 0.25) is 5.91 Å². The Kier molecular flexibility index (Phi) is 16.8. The molecule has 0 bridgehead atoms. The molecule has 1 amide bonds. The highest BCUT2D eigenvalue weighted by Gasteiger charge is 2.17. The maximum atomic E-state index is 12.5. The molecule has 3 heteroatoms. The van der Waals surface area contributed by atoms with Gasteiger partial charge in [-0.25, -0.2) is 0 Å². The first kappa shape index (κ1) is 31.9. The summed E-state index contributed by atoms with van der Waals surface area (Å²) in [7, 11) is 0. The average Bonchev–Trinajstić information content (AvgIpc) is 2.83. The van der Waals surface area contributed by atoms with Gasteiger partial charge in [0.1, 0.15) is 5.78 Å². The van der Waals surface area contributed by atoms with E-state index < -0.39 is 0 Å². The third kappa shape index (κ3) is 15.8. The fourth-order valence-corrected chi connectivity index (χ4v) is 4.52. The summed E-state index contributed by atoms with van der Waals surface area (Å²) in [6, 6.07) is 0. The minimum absolute atomic E-state index is 0.232. The van der Waals surface area contributed by atoms with E-state index in [4.69, 9.17) is 0 Å². The lowest BCUT2D eigenvalue weighted by atomic mass is 10.0. The molecular weight excluding hydrogens is 442 g/mol. The second-order valence-corrected chi connectivity index (χ2v) is 10.8. The Morgan fingerprint density at radius 2 is 0.889 bits per heavy atom. The Bertz CT molecular complexity index is 832. The number of hydrogen-bond donors (Lipinski definition) is 0. The van der Waals surface area contributed by atoms with Crippen LogP contribution in [0.2, 0.25) is 0 Å². The normalized spacial score (nSPS) is 16.5. The summed E-state index contributed by atoms with van der Waals surface area (Å²) in [6.07, 6.45) is 25.1. The van der Waals surface area contributed by atoms with E-state index in [9.17, 15) is 9.59 Å². The zero-order chi connectivity index (χ0) is 26.8. The van der Waals surface area contributed by atoms with Gasteiger partial charge in [-0.05, 0) is 119 Å². The number of ketones is 1. The van der Waals surface area contributed by atoms with Crippen LogP contribution in [0.15, 0.2) is 58.2 Å². The summed E-state index contributed by atoms with van der Waals surface area (Å²) < 4.78 is 0. The molecule has 1 heterocycles. The first-order valence-corrected chi connectivity index (χ1v) is 14.3. The molecule has 0 aromatic heterocycles. The molecule has 1 aliphatic heterocycles. The summed E-state index contributed by atoms with van der Waals surface area (Å²) in [4.78, 5) is 25.5. The monoisotopic (exact) mass is 495 g/mol. The fraction of sp³-hybridized carbons (Fsp3) is 0.636. The molecule has 0 unspecified atom stereocenters. The summed E-state index contributed by atoms with van der Waals surface area (Å²) in [6.45, 7) is 14.3. The Morgan fingerprint density at radius 1 is 0.528 bits per heavy atom. The Morgan fingerprint density at radius 3 is 1.28 bits per heavy atom. The van der Waals surface area contributed by atoms with Gasteiger partial charge in [0.05, 0.1) is 0 Å². The van der Waals surface area contributed by atoms with Gasteiger partial charge < -0.3 is 9.69 Å². The van der Waals surface area contributed by atoms with Gasteiger partial charge in [0.25, 0.3) is 0 Å². The van der Waals surface area contributed by atoms with Crippen LogP contribution in [0.4, 0.5) is 0 Å². The molecule has 0 aromatic rings. The fourth-order valence-electron chi connectivity index (χ4n) is 4.52. The highest BCUT2D eigenvalue weighted by atomic mass is 16.2.